The van der Waals surface area contributed by atoms with Gasteiger partial charge in [0.1, 0.15) is 5.75 Å². The Hall–Kier alpha value is -2.29. The van der Waals surface area contributed by atoms with Crippen LogP contribution in [0.5, 0.6) is 0 Å². The molecule has 1 aromatic heterocycles. The number of sulfone groups is 1. The lowest BCUT2D eigenvalue weighted by Gasteiger charge is -2.14. The molecule has 26 heavy (non-hydrogen) atoms. The van der Waals surface area contributed by atoms with Crippen LogP contribution in [-0.2, 0) is 26.9 Å². The Morgan fingerprint density at radius 2 is 2.00 bits per heavy atom. The van der Waals surface area contributed by atoms with Crippen LogP contribution >= 0.6 is 0 Å². The maximum absolute atomic E-state index is 12.3. The highest BCUT2D eigenvalue weighted by molar-refractivity contribution is 7.90. The Kier molecular flexibility index (Phi) is 7.26. The van der Waals surface area contributed by atoms with Crippen LogP contribution in [0.3, 0.4) is 0 Å². The van der Waals surface area contributed by atoms with E-state index in [1.54, 1.807) is 0 Å². The van der Waals surface area contributed by atoms with Gasteiger partial charge in [0, 0.05) is 13.0 Å². The van der Waals surface area contributed by atoms with Gasteiger partial charge < -0.3 is 5.32 Å². The van der Waals surface area contributed by atoms with Gasteiger partial charge in [-0.2, -0.15) is 0 Å². The number of hydrogen-bond acceptors (Lipinski definition) is 6. The number of amides is 1. The van der Waals surface area contributed by atoms with Crippen LogP contribution in [0.15, 0.2) is 30.3 Å². The van der Waals surface area contributed by atoms with Gasteiger partial charge in [-0.15, -0.1) is 5.10 Å². The van der Waals surface area contributed by atoms with E-state index in [1.165, 1.54) is 4.68 Å². The van der Waals surface area contributed by atoms with E-state index in [4.69, 9.17) is 0 Å². The highest BCUT2D eigenvalue weighted by atomic mass is 32.2. The van der Waals surface area contributed by atoms with Crippen molar-refractivity contribution in [1.82, 2.24) is 25.5 Å². The second kappa shape index (κ2) is 9.42. The van der Waals surface area contributed by atoms with Crippen molar-refractivity contribution in [2.75, 3.05) is 5.75 Å². The lowest BCUT2D eigenvalue weighted by atomic mass is 10.1. The fraction of sp³-hybridized carbons (Fsp3) is 0.529. The fourth-order valence-corrected chi connectivity index (χ4v) is 3.70. The van der Waals surface area contributed by atoms with Crippen LogP contribution in [0.25, 0.3) is 0 Å². The molecule has 0 aliphatic heterocycles. The molecule has 0 radical (unpaired) electrons. The average molecular weight is 379 g/mol. The zero-order valence-corrected chi connectivity index (χ0v) is 15.9. The van der Waals surface area contributed by atoms with Gasteiger partial charge in [-0.1, -0.05) is 43.7 Å². The van der Waals surface area contributed by atoms with Gasteiger partial charge in [-0.25, -0.2) is 13.1 Å². The van der Waals surface area contributed by atoms with Crippen molar-refractivity contribution >= 4 is 15.7 Å². The number of nitrogens with zero attached hydrogens (tertiary/aromatic N) is 4. The minimum atomic E-state index is -3.47. The average Bonchev–Trinajstić information content (AvgIpc) is 3.05. The largest absolute Gasteiger partial charge is 0.350 e. The number of rotatable bonds is 10. The van der Waals surface area contributed by atoms with Crippen LogP contribution < -0.4 is 5.32 Å². The Morgan fingerprint density at radius 3 is 2.69 bits per heavy atom. The molecule has 1 amide bonds. The molecule has 0 bridgehead atoms. The molecule has 1 atom stereocenters. The molecule has 0 saturated carbocycles. The van der Waals surface area contributed by atoms with Crippen molar-refractivity contribution in [3.8, 4) is 0 Å². The first-order chi connectivity index (χ1) is 12.4. The van der Waals surface area contributed by atoms with Crippen molar-refractivity contribution in [3.63, 3.8) is 0 Å². The van der Waals surface area contributed by atoms with Crippen LogP contribution in [0.1, 0.15) is 50.5 Å². The first-order valence-corrected chi connectivity index (χ1v) is 10.5. The molecule has 0 fully saturated rings. The van der Waals surface area contributed by atoms with E-state index in [-0.39, 0.29) is 29.9 Å². The molecule has 0 aliphatic carbocycles. The highest BCUT2D eigenvalue weighted by Gasteiger charge is 2.19. The molecule has 9 heteroatoms. The van der Waals surface area contributed by atoms with Gasteiger partial charge in [0.15, 0.2) is 15.7 Å². The van der Waals surface area contributed by atoms with Gasteiger partial charge in [-0.05, 0) is 29.3 Å². The Bertz CT molecular complexity index is 805. The number of tetrazole rings is 1. The van der Waals surface area contributed by atoms with Crippen LogP contribution in [0, 0.1) is 0 Å². The summed E-state index contributed by atoms with van der Waals surface area (Å²) in [6.07, 6.45) is 1.75. The third-order valence-electron chi connectivity index (χ3n) is 4.00. The van der Waals surface area contributed by atoms with Crippen molar-refractivity contribution in [2.24, 2.45) is 0 Å². The molecular weight excluding hydrogens is 354 g/mol. The van der Waals surface area contributed by atoms with Crippen molar-refractivity contribution in [1.29, 1.82) is 0 Å². The Morgan fingerprint density at radius 1 is 1.27 bits per heavy atom. The fourth-order valence-electron chi connectivity index (χ4n) is 2.46. The molecule has 0 spiro atoms. The third-order valence-corrected chi connectivity index (χ3v) is 5.52. The van der Waals surface area contributed by atoms with E-state index < -0.39 is 9.84 Å². The van der Waals surface area contributed by atoms with E-state index in [0.29, 0.717) is 12.4 Å². The van der Waals surface area contributed by atoms with Gasteiger partial charge in [0.2, 0.25) is 5.91 Å². The van der Waals surface area contributed by atoms with Crippen LogP contribution in [0.4, 0.5) is 0 Å². The van der Waals surface area contributed by atoms with Gasteiger partial charge in [0.25, 0.3) is 0 Å². The molecule has 2 rings (SSSR count). The zero-order valence-electron chi connectivity index (χ0n) is 15.1. The maximum atomic E-state index is 12.3. The lowest BCUT2D eigenvalue weighted by molar-refractivity contribution is -0.121. The van der Waals surface area contributed by atoms with E-state index in [2.05, 4.69) is 20.8 Å². The van der Waals surface area contributed by atoms with E-state index in [1.807, 2.05) is 44.2 Å². The number of nitrogens with one attached hydrogen (secondary N) is 1. The summed E-state index contributed by atoms with van der Waals surface area (Å²) in [6, 6.07) is 9.35. The summed E-state index contributed by atoms with van der Waals surface area (Å²) in [6.45, 7) is 4.49. The predicted octanol–water partition coefficient (Wildman–Crippen LogP) is 1.66. The molecule has 1 aromatic carbocycles. The van der Waals surface area contributed by atoms with Gasteiger partial charge in [0.05, 0.1) is 11.8 Å². The van der Waals surface area contributed by atoms with Gasteiger partial charge in [-0.3, -0.25) is 4.79 Å². The molecular formula is C17H25N5O3S. The van der Waals surface area contributed by atoms with E-state index >= 15 is 0 Å². The SMILES string of the molecule is CCCCn1nnnc1CS(=O)(=O)CCC(=O)N[C@@H](C)c1ccccc1. The Labute approximate surface area is 153 Å². The number of unbranched alkanes of at least 4 members (excludes halogenated alkanes) is 1. The Balaban J connectivity index is 1.85. The number of hydrogen-bond donors (Lipinski definition) is 1. The van der Waals surface area contributed by atoms with E-state index in [0.717, 1.165) is 18.4 Å². The number of aryl methyl sites for hydroxylation is 1. The molecule has 0 aliphatic rings. The zero-order chi connectivity index (χ0) is 19.0. The van der Waals surface area contributed by atoms with Crippen LogP contribution in [-0.4, -0.2) is 40.3 Å². The molecule has 1 N–H and O–H groups in total. The molecule has 0 saturated heterocycles. The topological polar surface area (TPSA) is 107 Å². The number of benzene rings is 1. The molecule has 2 aromatic rings. The summed E-state index contributed by atoms with van der Waals surface area (Å²) in [5.41, 5.74) is 0.971. The predicted molar refractivity (Wildman–Crippen MR) is 97.8 cm³/mol. The summed E-state index contributed by atoms with van der Waals surface area (Å²) in [5, 5.41) is 14.0. The number of carbonyl (C=O) groups is 1. The number of aromatic nitrogens is 4. The second-order valence-corrected chi connectivity index (χ2v) is 8.40. The second-order valence-electron chi connectivity index (χ2n) is 6.21. The monoisotopic (exact) mass is 379 g/mol. The maximum Gasteiger partial charge on any atom is 0.221 e. The summed E-state index contributed by atoms with van der Waals surface area (Å²) < 4.78 is 26.1. The summed E-state index contributed by atoms with van der Waals surface area (Å²) in [4.78, 5) is 12.1. The smallest absolute Gasteiger partial charge is 0.221 e. The first-order valence-electron chi connectivity index (χ1n) is 8.71. The normalized spacial score (nSPS) is 12.7. The molecule has 0 unspecified atom stereocenters. The van der Waals surface area contributed by atoms with Crippen molar-refractivity contribution in [3.05, 3.63) is 41.7 Å². The third kappa shape index (κ3) is 6.21. The minimum absolute atomic E-state index is 0.0873. The summed E-state index contributed by atoms with van der Waals surface area (Å²) in [5.74, 6) is -0.473. The lowest BCUT2D eigenvalue weighted by Crippen LogP contribution is -2.28. The minimum Gasteiger partial charge on any atom is -0.350 e. The van der Waals surface area contributed by atoms with Crippen LogP contribution in [0.2, 0.25) is 0 Å². The van der Waals surface area contributed by atoms with Gasteiger partial charge >= 0.3 is 0 Å². The standard InChI is InChI=1S/C17H25N5O3S/c1-3-4-11-22-16(19-20-21-22)13-26(24,25)12-10-17(23)18-14(2)15-8-6-5-7-9-15/h5-9,14H,3-4,10-13H2,1-2H3,(H,18,23)/t14-/m0/s1. The van der Waals surface area contributed by atoms with E-state index in [9.17, 15) is 13.2 Å². The summed E-state index contributed by atoms with van der Waals surface area (Å²) >= 11 is 0. The highest BCUT2D eigenvalue weighted by Crippen LogP contribution is 2.12. The number of carbonyl (C=O) groups excluding carboxylic acids is 1. The quantitative estimate of drug-likeness (QED) is 0.673. The summed E-state index contributed by atoms with van der Waals surface area (Å²) in [7, 11) is -3.47. The van der Waals surface area contributed by atoms with Crippen molar-refractivity contribution in [2.45, 2.75) is 51.4 Å². The molecule has 8 nitrogen and oxygen atoms in total. The molecule has 142 valence electrons. The molecule has 1 heterocycles. The first kappa shape index (κ1) is 20.0. The van der Waals surface area contributed by atoms with Crippen molar-refractivity contribution < 1.29 is 13.2 Å².